The van der Waals surface area contributed by atoms with E-state index in [9.17, 15) is 0 Å². The molecule has 1 fully saturated rings. The quantitative estimate of drug-likeness (QED) is 0.731. The standard InChI is InChI=1S/C13H21ClN2/c1-3-12-11(9-14)13(4-2)16(15-12)10-7-5-6-8-10/h10H,3-9H2,1-2H3. The van der Waals surface area contributed by atoms with Gasteiger partial charge in [-0.05, 0) is 25.7 Å². The van der Waals surface area contributed by atoms with Gasteiger partial charge < -0.3 is 0 Å². The van der Waals surface area contributed by atoms with Gasteiger partial charge >= 0.3 is 0 Å². The van der Waals surface area contributed by atoms with Crippen LogP contribution in [-0.2, 0) is 18.7 Å². The molecule has 1 aromatic rings. The van der Waals surface area contributed by atoms with Crippen LogP contribution in [0.1, 0.15) is 62.5 Å². The summed E-state index contributed by atoms with van der Waals surface area (Å²) in [6.45, 7) is 4.37. The normalized spacial score (nSPS) is 17.2. The zero-order valence-corrected chi connectivity index (χ0v) is 11.1. The van der Waals surface area contributed by atoms with Crippen LogP contribution in [0.2, 0.25) is 0 Å². The molecule has 0 unspecified atom stereocenters. The van der Waals surface area contributed by atoms with Crippen LogP contribution in [-0.4, -0.2) is 9.78 Å². The molecule has 1 heterocycles. The van der Waals surface area contributed by atoms with Crippen molar-refractivity contribution >= 4 is 11.6 Å². The van der Waals surface area contributed by atoms with Crippen molar-refractivity contribution < 1.29 is 0 Å². The number of alkyl halides is 1. The molecule has 1 aliphatic carbocycles. The molecule has 1 aromatic heterocycles. The van der Waals surface area contributed by atoms with Crippen LogP contribution in [0.3, 0.4) is 0 Å². The number of nitrogens with zero attached hydrogens (tertiary/aromatic N) is 2. The van der Waals surface area contributed by atoms with Crippen molar-refractivity contribution in [2.45, 2.75) is 64.3 Å². The summed E-state index contributed by atoms with van der Waals surface area (Å²) < 4.78 is 2.28. The second-order valence-electron chi connectivity index (χ2n) is 4.60. The number of hydrogen-bond donors (Lipinski definition) is 0. The molecule has 2 rings (SSSR count). The average Bonchev–Trinajstić information content (AvgIpc) is 2.94. The molecule has 1 aliphatic rings. The minimum atomic E-state index is 0.610. The highest BCUT2D eigenvalue weighted by molar-refractivity contribution is 6.17. The monoisotopic (exact) mass is 240 g/mol. The van der Waals surface area contributed by atoms with Crippen LogP contribution in [0.25, 0.3) is 0 Å². The number of rotatable bonds is 4. The Bertz CT molecular complexity index is 351. The highest BCUT2D eigenvalue weighted by atomic mass is 35.5. The summed E-state index contributed by atoms with van der Waals surface area (Å²) in [4.78, 5) is 0. The summed E-state index contributed by atoms with van der Waals surface area (Å²) in [6.07, 6.45) is 7.33. The van der Waals surface area contributed by atoms with E-state index in [2.05, 4.69) is 18.5 Å². The highest BCUT2D eigenvalue weighted by Crippen LogP contribution is 2.32. The molecular formula is C13H21ClN2. The Kier molecular flexibility index (Phi) is 3.91. The van der Waals surface area contributed by atoms with E-state index in [0.717, 1.165) is 12.8 Å². The number of aromatic nitrogens is 2. The first kappa shape index (κ1) is 12.0. The first-order valence-corrected chi connectivity index (χ1v) is 7.00. The SMILES string of the molecule is CCc1nn(C2CCCC2)c(CC)c1CCl. The van der Waals surface area contributed by atoms with Crippen molar-refractivity contribution in [2.75, 3.05) is 0 Å². The van der Waals surface area contributed by atoms with Gasteiger partial charge in [0, 0.05) is 11.3 Å². The summed E-state index contributed by atoms with van der Waals surface area (Å²) in [5.41, 5.74) is 3.87. The number of hydrogen-bond acceptors (Lipinski definition) is 1. The van der Waals surface area contributed by atoms with Crippen molar-refractivity contribution in [3.05, 3.63) is 17.0 Å². The third-order valence-corrected chi connectivity index (χ3v) is 3.94. The molecule has 0 atom stereocenters. The number of aryl methyl sites for hydroxylation is 1. The average molecular weight is 241 g/mol. The van der Waals surface area contributed by atoms with Crippen LogP contribution in [0.15, 0.2) is 0 Å². The van der Waals surface area contributed by atoms with E-state index in [0.29, 0.717) is 11.9 Å². The van der Waals surface area contributed by atoms with E-state index in [1.54, 1.807) is 0 Å². The highest BCUT2D eigenvalue weighted by Gasteiger charge is 2.23. The fourth-order valence-electron chi connectivity index (χ4n) is 2.82. The summed E-state index contributed by atoms with van der Waals surface area (Å²) in [5, 5.41) is 4.78. The molecule has 0 aromatic carbocycles. The smallest absolute Gasteiger partial charge is 0.0669 e. The molecule has 0 saturated heterocycles. The van der Waals surface area contributed by atoms with Gasteiger partial charge in [0.15, 0.2) is 0 Å². The van der Waals surface area contributed by atoms with E-state index in [4.69, 9.17) is 16.7 Å². The molecule has 0 aliphatic heterocycles. The van der Waals surface area contributed by atoms with E-state index >= 15 is 0 Å². The Morgan fingerprint density at radius 1 is 1.25 bits per heavy atom. The van der Waals surface area contributed by atoms with E-state index < -0.39 is 0 Å². The molecular weight excluding hydrogens is 220 g/mol. The molecule has 0 N–H and O–H groups in total. The van der Waals surface area contributed by atoms with Crippen LogP contribution in [0.5, 0.6) is 0 Å². The summed E-state index contributed by atoms with van der Waals surface area (Å²) in [5.74, 6) is 0.610. The van der Waals surface area contributed by atoms with Crippen molar-refractivity contribution in [1.82, 2.24) is 9.78 Å². The predicted octanol–water partition coefficient (Wildman–Crippen LogP) is 3.86. The van der Waals surface area contributed by atoms with Gasteiger partial charge in [-0.15, -0.1) is 11.6 Å². The lowest BCUT2D eigenvalue weighted by Crippen LogP contribution is -2.10. The van der Waals surface area contributed by atoms with Crippen LogP contribution in [0, 0.1) is 0 Å². The summed E-state index contributed by atoms with van der Waals surface area (Å²) in [6, 6.07) is 0.636. The maximum Gasteiger partial charge on any atom is 0.0669 e. The minimum absolute atomic E-state index is 0.610. The van der Waals surface area contributed by atoms with Crippen LogP contribution in [0.4, 0.5) is 0 Å². The molecule has 0 amide bonds. The van der Waals surface area contributed by atoms with Crippen molar-refractivity contribution in [3.8, 4) is 0 Å². The van der Waals surface area contributed by atoms with Crippen LogP contribution < -0.4 is 0 Å². The molecule has 2 nitrogen and oxygen atoms in total. The molecule has 90 valence electrons. The second-order valence-corrected chi connectivity index (χ2v) is 4.86. The maximum atomic E-state index is 6.06. The van der Waals surface area contributed by atoms with Gasteiger partial charge in [-0.25, -0.2) is 0 Å². The largest absolute Gasteiger partial charge is 0.266 e. The maximum absolute atomic E-state index is 6.06. The minimum Gasteiger partial charge on any atom is -0.266 e. The van der Waals surface area contributed by atoms with Gasteiger partial charge in [-0.1, -0.05) is 26.7 Å². The fourth-order valence-corrected chi connectivity index (χ4v) is 3.13. The Labute approximate surface area is 103 Å². The topological polar surface area (TPSA) is 17.8 Å². The third-order valence-electron chi connectivity index (χ3n) is 3.68. The fraction of sp³-hybridized carbons (Fsp3) is 0.769. The van der Waals surface area contributed by atoms with Gasteiger partial charge in [-0.3, -0.25) is 4.68 Å². The van der Waals surface area contributed by atoms with Crippen molar-refractivity contribution in [1.29, 1.82) is 0 Å². The molecule has 16 heavy (non-hydrogen) atoms. The lowest BCUT2D eigenvalue weighted by molar-refractivity contribution is 0.448. The first-order valence-electron chi connectivity index (χ1n) is 6.46. The lowest BCUT2D eigenvalue weighted by atomic mass is 10.1. The first-order chi connectivity index (χ1) is 7.81. The zero-order chi connectivity index (χ0) is 11.5. The lowest BCUT2D eigenvalue weighted by Gasteiger charge is -2.13. The van der Waals surface area contributed by atoms with Gasteiger partial charge in [0.1, 0.15) is 0 Å². The molecule has 3 heteroatoms. The van der Waals surface area contributed by atoms with E-state index in [1.807, 2.05) is 0 Å². The number of halogens is 1. The molecule has 0 bridgehead atoms. The zero-order valence-electron chi connectivity index (χ0n) is 10.3. The molecule has 0 radical (unpaired) electrons. The molecule has 1 saturated carbocycles. The van der Waals surface area contributed by atoms with Crippen molar-refractivity contribution in [3.63, 3.8) is 0 Å². The Morgan fingerprint density at radius 2 is 1.94 bits per heavy atom. The van der Waals surface area contributed by atoms with E-state index in [1.165, 1.54) is 42.6 Å². The van der Waals surface area contributed by atoms with Gasteiger partial charge in [0.25, 0.3) is 0 Å². The predicted molar refractivity (Wildman–Crippen MR) is 68.0 cm³/mol. The second kappa shape index (κ2) is 5.22. The van der Waals surface area contributed by atoms with Crippen molar-refractivity contribution in [2.24, 2.45) is 0 Å². The summed E-state index contributed by atoms with van der Waals surface area (Å²) in [7, 11) is 0. The Balaban J connectivity index is 2.39. The van der Waals surface area contributed by atoms with Crippen LogP contribution >= 0.6 is 11.6 Å². The Morgan fingerprint density at radius 3 is 2.44 bits per heavy atom. The molecule has 0 spiro atoms. The van der Waals surface area contributed by atoms with Gasteiger partial charge in [0.2, 0.25) is 0 Å². The Hall–Kier alpha value is -0.500. The van der Waals surface area contributed by atoms with Gasteiger partial charge in [-0.2, -0.15) is 5.10 Å². The summed E-state index contributed by atoms with van der Waals surface area (Å²) >= 11 is 6.06. The third kappa shape index (κ3) is 2.00. The van der Waals surface area contributed by atoms with Gasteiger partial charge in [0.05, 0.1) is 17.6 Å². The van der Waals surface area contributed by atoms with E-state index in [-0.39, 0.29) is 0 Å².